The van der Waals surface area contributed by atoms with Crippen LogP contribution >= 0.6 is 11.6 Å². The van der Waals surface area contributed by atoms with Crippen LogP contribution < -0.4 is 4.74 Å². The summed E-state index contributed by atoms with van der Waals surface area (Å²) >= 11 is 5.76. The molecule has 0 saturated heterocycles. The first-order chi connectivity index (χ1) is 15.7. The van der Waals surface area contributed by atoms with Gasteiger partial charge >= 0.3 is 6.18 Å². The van der Waals surface area contributed by atoms with Gasteiger partial charge in [0, 0.05) is 35.5 Å². The average molecular weight is 502 g/mol. The van der Waals surface area contributed by atoms with E-state index in [-0.39, 0.29) is 32.9 Å². The number of methoxy groups -OCH3 is 1. The summed E-state index contributed by atoms with van der Waals surface area (Å²) in [4.78, 5) is 11.8. The van der Waals surface area contributed by atoms with Gasteiger partial charge in [0.15, 0.2) is 17.2 Å². The molecule has 1 heterocycles. The number of alkyl halides is 3. The number of rotatable bonds is 6. The minimum atomic E-state index is -5.16. The van der Waals surface area contributed by atoms with Crippen molar-refractivity contribution < 1.29 is 31.8 Å². The molecule has 3 aromatic rings. The normalized spacial score (nSPS) is 14.6. The van der Waals surface area contributed by atoms with Crippen LogP contribution in [0.3, 0.4) is 0 Å². The molecule has 0 aliphatic heterocycles. The second-order valence-electron chi connectivity index (χ2n) is 8.46. The van der Waals surface area contributed by atoms with Crippen LogP contribution in [0, 0.1) is 18.6 Å². The zero-order chi connectivity index (χ0) is 25.5. The zero-order valence-corrected chi connectivity index (χ0v) is 19.4. The molecule has 3 rings (SSSR count). The van der Waals surface area contributed by atoms with Crippen LogP contribution in [0.2, 0.25) is 5.02 Å². The lowest BCUT2D eigenvalue weighted by Crippen LogP contribution is -2.50. The molecule has 0 radical (unpaired) electrons. The molecule has 1 unspecified atom stereocenters. The summed E-state index contributed by atoms with van der Waals surface area (Å²) in [5, 5.41) is 10.7. The minimum absolute atomic E-state index is 0.0630. The highest BCUT2D eigenvalue weighted by atomic mass is 35.5. The van der Waals surface area contributed by atoms with E-state index >= 15 is 0 Å². The molecular formula is C23H21ClF5N3O2. The van der Waals surface area contributed by atoms with Gasteiger partial charge in [-0.25, -0.2) is 18.7 Å². The number of aromatic nitrogens is 2. The van der Waals surface area contributed by atoms with Crippen molar-refractivity contribution in [1.29, 1.82) is 0 Å². The lowest BCUT2D eigenvalue weighted by Gasteiger charge is -2.36. The van der Waals surface area contributed by atoms with Crippen LogP contribution in [-0.4, -0.2) is 40.2 Å². The number of halogens is 6. The number of hydrogen-bond donors (Lipinski definition) is 1. The largest absolute Gasteiger partial charge is 0.493 e. The molecule has 0 aliphatic carbocycles. The maximum atomic E-state index is 14.4. The van der Waals surface area contributed by atoms with E-state index in [2.05, 4.69) is 15.0 Å². The molecule has 0 amide bonds. The smallest absolute Gasteiger partial charge is 0.422 e. The quantitative estimate of drug-likeness (QED) is 0.320. The molecule has 5 nitrogen and oxygen atoms in total. The lowest BCUT2D eigenvalue weighted by molar-refractivity contribution is -0.234. The predicted molar refractivity (Wildman–Crippen MR) is 119 cm³/mol. The minimum Gasteiger partial charge on any atom is -0.493 e. The van der Waals surface area contributed by atoms with Gasteiger partial charge < -0.3 is 9.84 Å². The topological polar surface area (TPSA) is 67.6 Å². The first kappa shape index (κ1) is 25.8. The summed E-state index contributed by atoms with van der Waals surface area (Å²) in [6.07, 6.45) is -4.50. The molecule has 182 valence electrons. The summed E-state index contributed by atoms with van der Waals surface area (Å²) in [6, 6.07) is 4.54. The van der Waals surface area contributed by atoms with E-state index in [1.165, 1.54) is 32.2 Å². The number of fused-ring (bicyclic) bond motifs is 1. The van der Waals surface area contributed by atoms with Crippen LogP contribution in [0.1, 0.15) is 31.7 Å². The standard InChI is InChI=1S/C23H21ClF5N3O2/c1-12-30-9-14-17(7-13(25)8-18(14)32-12)31-11-22(33,23(27,28)29)10-21(2,3)15-5-6-16(24)19(26)20(15)34-4/h5-9,11,33H,10H2,1-4H3. The Morgan fingerprint density at radius 1 is 1.18 bits per heavy atom. The van der Waals surface area contributed by atoms with Crippen LogP contribution in [0.4, 0.5) is 27.6 Å². The van der Waals surface area contributed by atoms with Crippen molar-refractivity contribution in [2.45, 2.75) is 44.4 Å². The summed E-state index contributed by atoms with van der Waals surface area (Å²) in [5.41, 5.74) is -4.89. The van der Waals surface area contributed by atoms with Crippen molar-refractivity contribution in [3.63, 3.8) is 0 Å². The highest BCUT2D eigenvalue weighted by Crippen LogP contribution is 2.44. The Bertz CT molecular complexity index is 1260. The highest BCUT2D eigenvalue weighted by Gasteiger charge is 2.55. The van der Waals surface area contributed by atoms with Gasteiger partial charge in [-0.1, -0.05) is 31.5 Å². The molecule has 11 heteroatoms. The van der Waals surface area contributed by atoms with Crippen LogP contribution in [0.25, 0.3) is 10.9 Å². The third kappa shape index (κ3) is 4.97. The molecule has 1 N–H and O–H groups in total. The van der Waals surface area contributed by atoms with Gasteiger partial charge in [0.1, 0.15) is 11.6 Å². The van der Waals surface area contributed by atoms with Crippen molar-refractivity contribution >= 4 is 34.4 Å². The van der Waals surface area contributed by atoms with Crippen LogP contribution in [0.15, 0.2) is 35.5 Å². The van der Waals surface area contributed by atoms with E-state index in [1.54, 1.807) is 6.92 Å². The van der Waals surface area contributed by atoms with Gasteiger partial charge in [0.2, 0.25) is 0 Å². The Balaban J connectivity index is 2.08. The Kier molecular flexibility index (Phi) is 6.87. The van der Waals surface area contributed by atoms with E-state index in [0.29, 0.717) is 12.0 Å². The van der Waals surface area contributed by atoms with E-state index in [1.807, 2.05) is 0 Å². The van der Waals surface area contributed by atoms with Crippen molar-refractivity contribution in [2.75, 3.05) is 7.11 Å². The maximum Gasteiger partial charge on any atom is 0.422 e. The number of aliphatic hydroxyl groups is 1. The third-order valence-corrected chi connectivity index (χ3v) is 5.66. The van der Waals surface area contributed by atoms with Gasteiger partial charge in [-0.2, -0.15) is 13.2 Å². The van der Waals surface area contributed by atoms with E-state index in [9.17, 15) is 27.1 Å². The molecule has 1 atom stereocenters. The number of hydrogen-bond acceptors (Lipinski definition) is 5. The van der Waals surface area contributed by atoms with Gasteiger partial charge in [-0.3, -0.25) is 4.99 Å². The lowest BCUT2D eigenvalue weighted by atomic mass is 9.74. The van der Waals surface area contributed by atoms with Crippen molar-refractivity contribution in [2.24, 2.45) is 4.99 Å². The van der Waals surface area contributed by atoms with Gasteiger partial charge in [-0.05, 0) is 24.8 Å². The fourth-order valence-corrected chi connectivity index (χ4v) is 3.86. The van der Waals surface area contributed by atoms with E-state index in [0.717, 1.165) is 19.2 Å². The number of nitrogens with zero attached hydrogens (tertiary/aromatic N) is 3. The molecule has 1 aromatic heterocycles. The summed E-state index contributed by atoms with van der Waals surface area (Å²) < 4.78 is 75.7. The molecule has 0 spiro atoms. The number of benzene rings is 2. The molecular weight excluding hydrogens is 481 g/mol. The fourth-order valence-electron chi connectivity index (χ4n) is 3.71. The SMILES string of the molecule is COc1c(C(C)(C)CC(O)(C=Nc2cc(F)cc3nc(C)ncc23)C(F)(F)F)ccc(Cl)c1F. The number of aryl methyl sites for hydroxylation is 1. The average Bonchev–Trinajstić information content (AvgIpc) is 2.72. The second-order valence-corrected chi connectivity index (χ2v) is 8.87. The molecule has 0 saturated carbocycles. The molecule has 0 bridgehead atoms. The Labute approximate surface area is 197 Å². The fraction of sp³-hybridized carbons (Fsp3) is 0.348. The Morgan fingerprint density at radius 2 is 1.85 bits per heavy atom. The third-order valence-electron chi connectivity index (χ3n) is 5.37. The maximum absolute atomic E-state index is 14.4. The zero-order valence-electron chi connectivity index (χ0n) is 18.6. The summed E-state index contributed by atoms with van der Waals surface area (Å²) in [7, 11) is 1.16. The van der Waals surface area contributed by atoms with Crippen molar-refractivity contribution in [3.05, 3.63) is 58.5 Å². The molecule has 2 aromatic carbocycles. The van der Waals surface area contributed by atoms with E-state index < -0.39 is 35.2 Å². The summed E-state index contributed by atoms with van der Waals surface area (Å²) in [5.74, 6) is -1.69. The Morgan fingerprint density at radius 3 is 2.47 bits per heavy atom. The second kappa shape index (κ2) is 9.07. The monoisotopic (exact) mass is 501 g/mol. The first-order valence-corrected chi connectivity index (χ1v) is 10.4. The van der Waals surface area contributed by atoms with E-state index in [4.69, 9.17) is 16.3 Å². The van der Waals surface area contributed by atoms with Gasteiger partial charge in [0.05, 0.1) is 23.3 Å². The number of aliphatic imine (C=N–C) groups is 1. The highest BCUT2D eigenvalue weighted by molar-refractivity contribution is 6.30. The van der Waals surface area contributed by atoms with Gasteiger partial charge in [0.25, 0.3) is 0 Å². The molecule has 0 aliphatic rings. The number of ether oxygens (including phenoxy) is 1. The van der Waals surface area contributed by atoms with Crippen molar-refractivity contribution in [1.82, 2.24) is 9.97 Å². The van der Waals surface area contributed by atoms with Crippen LogP contribution in [-0.2, 0) is 5.41 Å². The van der Waals surface area contributed by atoms with Crippen LogP contribution in [0.5, 0.6) is 5.75 Å². The summed E-state index contributed by atoms with van der Waals surface area (Å²) in [6.45, 7) is 4.35. The molecule has 34 heavy (non-hydrogen) atoms. The molecule has 0 fully saturated rings. The van der Waals surface area contributed by atoms with Gasteiger partial charge in [-0.15, -0.1) is 0 Å². The van der Waals surface area contributed by atoms with Crippen molar-refractivity contribution in [3.8, 4) is 5.75 Å². The predicted octanol–water partition coefficient (Wildman–Crippen LogP) is 6.24. The Hall–Kier alpha value is -2.85. The first-order valence-electron chi connectivity index (χ1n) is 9.98.